The number of hydrogen-bond acceptors (Lipinski definition) is 6. The molecule has 2 aromatic rings. The summed E-state index contributed by atoms with van der Waals surface area (Å²) in [5, 5.41) is 2.15. The standard InChI is InChI=1S/C15H19N5S/c1-19-5-7-20(8-6-19)14-11-2-3-12-10(4-9-21-12)13(11)17-15(16)18-14/h4,9H,2-3,5-8H2,1H3,(H2,16,17,18). The molecule has 1 aliphatic heterocycles. The third-order valence-electron chi connectivity index (χ3n) is 4.41. The molecule has 1 saturated heterocycles. The van der Waals surface area contributed by atoms with Crippen LogP contribution in [0, 0.1) is 0 Å². The van der Waals surface area contributed by atoms with Crippen LogP contribution in [0.5, 0.6) is 0 Å². The minimum absolute atomic E-state index is 0.390. The normalized spacial score (nSPS) is 18.4. The van der Waals surface area contributed by atoms with E-state index < -0.39 is 0 Å². The molecular formula is C15H19N5S. The molecule has 5 nitrogen and oxygen atoms in total. The van der Waals surface area contributed by atoms with E-state index in [1.165, 1.54) is 16.0 Å². The number of nitrogens with zero attached hydrogens (tertiary/aromatic N) is 4. The first-order valence-electron chi connectivity index (χ1n) is 7.39. The van der Waals surface area contributed by atoms with E-state index in [0.29, 0.717) is 5.95 Å². The monoisotopic (exact) mass is 301 g/mol. The van der Waals surface area contributed by atoms with Gasteiger partial charge < -0.3 is 15.5 Å². The van der Waals surface area contributed by atoms with Crippen molar-refractivity contribution in [3.63, 3.8) is 0 Å². The minimum Gasteiger partial charge on any atom is -0.368 e. The van der Waals surface area contributed by atoms with Crippen molar-refractivity contribution in [2.45, 2.75) is 12.8 Å². The van der Waals surface area contributed by atoms with Crippen LogP contribution in [-0.4, -0.2) is 48.1 Å². The number of hydrogen-bond donors (Lipinski definition) is 1. The van der Waals surface area contributed by atoms with Crippen molar-refractivity contribution in [1.82, 2.24) is 14.9 Å². The van der Waals surface area contributed by atoms with Gasteiger partial charge in [-0.1, -0.05) is 0 Å². The van der Waals surface area contributed by atoms with E-state index in [2.05, 4.69) is 38.3 Å². The second-order valence-corrected chi connectivity index (χ2v) is 6.78. The number of nitrogens with two attached hydrogens (primary N) is 1. The van der Waals surface area contributed by atoms with E-state index in [1.807, 2.05) is 11.3 Å². The molecule has 110 valence electrons. The summed E-state index contributed by atoms with van der Waals surface area (Å²) in [6.45, 7) is 4.16. The Bertz CT molecular complexity index is 673. The maximum absolute atomic E-state index is 5.99. The third kappa shape index (κ3) is 2.18. The fourth-order valence-electron chi connectivity index (χ4n) is 3.21. The van der Waals surface area contributed by atoms with Crippen LogP contribution >= 0.6 is 11.3 Å². The highest BCUT2D eigenvalue weighted by molar-refractivity contribution is 7.10. The fraction of sp³-hybridized carbons (Fsp3) is 0.467. The van der Waals surface area contributed by atoms with Gasteiger partial charge in [0, 0.05) is 42.2 Å². The van der Waals surface area contributed by atoms with Crippen molar-refractivity contribution in [2.75, 3.05) is 43.9 Å². The summed E-state index contributed by atoms with van der Waals surface area (Å²) in [4.78, 5) is 15.2. The maximum atomic E-state index is 5.99. The number of rotatable bonds is 1. The summed E-state index contributed by atoms with van der Waals surface area (Å²) in [5.74, 6) is 1.45. The maximum Gasteiger partial charge on any atom is 0.222 e. The summed E-state index contributed by atoms with van der Waals surface area (Å²) < 4.78 is 0. The predicted molar refractivity (Wildman–Crippen MR) is 86.9 cm³/mol. The van der Waals surface area contributed by atoms with Gasteiger partial charge >= 0.3 is 0 Å². The molecule has 4 rings (SSSR count). The molecule has 2 aliphatic rings. The first kappa shape index (κ1) is 13.0. The SMILES string of the molecule is CN1CCN(c2nc(N)nc3c2CCc2sccc2-3)CC1. The van der Waals surface area contributed by atoms with Gasteiger partial charge in [0.2, 0.25) is 5.95 Å². The lowest BCUT2D eigenvalue weighted by atomic mass is 9.95. The quantitative estimate of drug-likeness (QED) is 0.868. The minimum atomic E-state index is 0.390. The van der Waals surface area contributed by atoms with E-state index in [1.54, 1.807) is 0 Å². The first-order valence-corrected chi connectivity index (χ1v) is 8.27. The zero-order valence-corrected chi connectivity index (χ0v) is 13.0. The molecule has 0 spiro atoms. The van der Waals surface area contributed by atoms with Gasteiger partial charge in [0.05, 0.1) is 5.69 Å². The average molecular weight is 301 g/mol. The van der Waals surface area contributed by atoms with Gasteiger partial charge in [0.15, 0.2) is 0 Å². The second-order valence-electron chi connectivity index (χ2n) is 5.78. The number of likely N-dealkylation sites (N-methyl/N-ethyl adjacent to an activating group) is 1. The highest BCUT2D eigenvalue weighted by Gasteiger charge is 2.26. The van der Waals surface area contributed by atoms with E-state index >= 15 is 0 Å². The van der Waals surface area contributed by atoms with Gasteiger partial charge in [0.1, 0.15) is 5.82 Å². The summed E-state index contributed by atoms with van der Waals surface area (Å²) in [6, 6.07) is 2.16. The number of piperazine rings is 1. The molecule has 3 heterocycles. The Morgan fingerprint density at radius 1 is 1.14 bits per heavy atom. The van der Waals surface area contributed by atoms with E-state index in [-0.39, 0.29) is 0 Å². The number of anilines is 2. The summed E-state index contributed by atoms with van der Waals surface area (Å²) in [6.07, 6.45) is 2.11. The van der Waals surface area contributed by atoms with Gasteiger partial charge in [-0.25, -0.2) is 4.98 Å². The topological polar surface area (TPSA) is 58.3 Å². The zero-order chi connectivity index (χ0) is 14.4. The largest absolute Gasteiger partial charge is 0.368 e. The molecule has 0 amide bonds. The summed E-state index contributed by atoms with van der Waals surface area (Å²) in [5.41, 5.74) is 9.57. The summed E-state index contributed by atoms with van der Waals surface area (Å²) in [7, 11) is 2.17. The van der Waals surface area contributed by atoms with E-state index in [9.17, 15) is 0 Å². The lowest BCUT2D eigenvalue weighted by molar-refractivity contribution is 0.312. The molecule has 0 saturated carbocycles. The molecule has 2 aromatic heterocycles. The lowest BCUT2D eigenvalue weighted by Crippen LogP contribution is -2.45. The van der Waals surface area contributed by atoms with Crippen LogP contribution in [0.25, 0.3) is 11.3 Å². The third-order valence-corrected chi connectivity index (χ3v) is 5.39. The van der Waals surface area contributed by atoms with Gasteiger partial charge in [-0.2, -0.15) is 4.98 Å². The number of fused-ring (bicyclic) bond motifs is 3. The van der Waals surface area contributed by atoms with Crippen molar-refractivity contribution >= 4 is 23.1 Å². The van der Waals surface area contributed by atoms with Gasteiger partial charge in [0.25, 0.3) is 0 Å². The van der Waals surface area contributed by atoms with Crippen LogP contribution in [0.2, 0.25) is 0 Å². The zero-order valence-electron chi connectivity index (χ0n) is 12.2. The van der Waals surface area contributed by atoms with Crippen LogP contribution in [0.15, 0.2) is 11.4 Å². The Kier molecular flexibility index (Phi) is 3.08. The highest BCUT2D eigenvalue weighted by atomic mass is 32.1. The molecular weight excluding hydrogens is 282 g/mol. The van der Waals surface area contributed by atoms with E-state index in [4.69, 9.17) is 5.73 Å². The Morgan fingerprint density at radius 3 is 2.76 bits per heavy atom. The molecule has 0 unspecified atom stereocenters. The van der Waals surface area contributed by atoms with Crippen LogP contribution < -0.4 is 10.6 Å². The van der Waals surface area contributed by atoms with Crippen LogP contribution in [-0.2, 0) is 12.8 Å². The van der Waals surface area contributed by atoms with Crippen LogP contribution in [0.3, 0.4) is 0 Å². The molecule has 21 heavy (non-hydrogen) atoms. The van der Waals surface area contributed by atoms with Crippen molar-refractivity contribution in [2.24, 2.45) is 0 Å². The van der Waals surface area contributed by atoms with Crippen molar-refractivity contribution < 1.29 is 0 Å². The Morgan fingerprint density at radius 2 is 1.95 bits per heavy atom. The molecule has 0 atom stereocenters. The fourth-order valence-corrected chi connectivity index (χ4v) is 4.09. The van der Waals surface area contributed by atoms with Gasteiger partial charge in [-0.15, -0.1) is 11.3 Å². The lowest BCUT2D eigenvalue weighted by Gasteiger charge is -2.35. The van der Waals surface area contributed by atoms with Gasteiger partial charge in [-0.3, -0.25) is 0 Å². The average Bonchev–Trinajstić information content (AvgIpc) is 2.96. The highest BCUT2D eigenvalue weighted by Crippen LogP contribution is 2.39. The van der Waals surface area contributed by atoms with E-state index in [0.717, 1.165) is 50.5 Å². The molecule has 2 N–H and O–H groups in total. The van der Waals surface area contributed by atoms with Crippen LogP contribution in [0.4, 0.5) is 11.8 Å². The molecule has 0 bridgehead atoms. The molecule has 1 aliphatic carbocycles. The molecule has 0 aromatic carbocycles. The Labute approximate surface area is 128 Å². The van der Waals surface area contributed by atoms with Crippen molar-refractivity contribution in [3.8, 4) is 11.3 Å². The van der Waals surface area contributed by atoms with Crippen LogP contribution in [0.1, 0.15) is 10.4 Å². The number of thiophene rings is 1. The number of aryl methyl sites for hydroxylation is 1. The van der Waals surface area contributed by atoms with Crippen molar-refractivity contribution in [1.29, 1.82) is 0 Å². The summed E-state index contributed by atoms with van der Waals surface area (Å²) >= 11 is 1.82. The molecule has 6 heteroatoms. The Balaban J connectivity index is 1.79. The Hall–Kier alpha value is -1.66. The molecule has 1 fully saturated rings. The smallest absolute Gasteiger partial charge is 0.222 e. The number of aromatic nitrogens is 2. The number of nitrogen functional groups attached to an aromatic ring is 1. The predicted octanol–water partition coefficient (Wildman–Crippen LogP) is 1.64. The first-order chi connectivity index (χ1) is 10.2. The van der Waals surface area contributed by atoms with Gasteiger partial charge in [-0.05, 0) is 31.3 Å². The molecule has 0 radical (unpaired) electrons. The van der Waals surface area contributed by atoms with Crippen molar-refractivity contribution in [3.05, 3.63) is 21.9 Å². The second kappa shape index (κ2) is 4.96.